The molecule has 19 heavy (non-hydrogen) atoms. The van der Waals surface area contributed by atoms with E-state index in [0.717, 1.165) is 12.5 Å². The molecule has 0 heterocycles. The van der Waals surface area contributed by atoms with Crippen molar-refractivity contribution in [2.45, 2.75) is 40.2 Å². The highest BCUT2D eigenvalue weighted by atomic mass is 16.6. The Morgan fingerprint density at radius 3 is 2.26 bits per heavy atom. The van der Waals surface area contributed by atoms with Crippen molar-refractivity contribution in [3.8, 4) is 0 Å². The van der Waals surface area contributed by atoms with Crippen LogP contribution in [0.15, 0.2) is 12.7 Å². The second-order valence-corrected chi connectivity index (χ2v) is 5.27. The molecule has 0 fully saturated rings. The zero-order valence-corrected chi connectivity index (χ0v) is 12.7. The number of ether oxygens (including phenoxy) is 3. The summed E-state index contributed by atoms with van der Waals surface area (Å²) in [7, 11) is 0. The van der Waals surface area contributed by atoms with Crippen molar-refractivity contribution in [2.75, 3.05) is 26.4 Å². The molecule has 0 aromatic rings. The van der Waals surface area contributed by atoms with Gasteiger partial charge in [-0.1, -0.05) is 34.3 Å². The number of esters is 1. The fraction of sp³-hybridized carbons (Fsp3) is 0.800. The first-order valence-corrected chi connectivity index (χ1v) is 6.95. The quantitative estimate of drug-likeness (QED) is 0.329. The molecule has 0 aliphatic heterocycles. The summed E-state index contributed by atoms with van der Waals surface area (Å²) in [6.07, 6.45) is 2.49. The molecule has 0 aliphatic carbocycles. The summed E-state index contributed by atoms with van der Waals surface area (Å²) >= 11 is 0. The van der Waals surface area contributed by atoms with Gasteiger partial charge in [0.15, 0.2) is 0 Å². The summed E-state index contributed by atoms with van der Waals surface area (Å²) in [6, 6.07) is 0. The van der Waals surface area contributed by atoms with E-state index in [1.165, 1.54) is 0 Å². The van der Waals surface area contributed by atoms with Crippen LogP contribution in [0.25, 0.3) is 0 Å². The van der Waals surface area contributed by atoms with E-state index >= 15 is 0 Å². The molecule has 0 bridgehead atoms. The van der Waals surface area contributed by atoms with Gasteiger partial charge >= 0.3 is 5.97 Å². The van der Waals surface area contributed by atoms with Gasteiger partial charge in [0.1, 0.15) is 6.61 Å². The number of hydrogen-bond donors (Lipinski definition) is 0. The van der Waals surface area contributed by atoms with Gasteiger partial charge in [-0.3, -0.25) is 0 Å². The predicted octanol–water partition coefficient (Wildman–Crippen LogP) is 2.82. The van der Waals surface area contributed by atoms with Crippen LogP contribution in [0, 0.1) is 11.8 Å². The lowest BCUT2D eigenvalue weighted by Gasteiger charge is -2.23. The highest BCUT2D eigenvalue weighted by Crippen LogP contribution is 2.16. The minimum Gasteiger partial charge on any atom is -0.460 e. The maximum Gasteiger partial charge on any atom is 0.330 e. The molecule has 0 rings (SSSR count). The van der Waals surface area contributed by atoms with Gasteiger partial charge < -0.3 is 14.2 Å². The van der Waals surface area contributed by atoms with Crippen LogP contribution in [0.1, 0.15) is 34.1 Å². The topological polar surface area (TPSA) is 44.8 Å². The first-order valence-electron chi connectivity index (χ1n) is 6.95. The van der Waals surface area contributed by atoms with E-state index in [9.17, 15) is 4.79 Å². The van der Waals surface area contributed by atoms with E-state index in [1.807, 2.05) is 0 Å². The second kappa shape index (κ2) is 11.0. The molecule has 4 nitrogen and oxygen atoms in total. The summed E-state index contributed by atoms with van der Waals surface area (Å²) in [6.45, 7) is 13.8. The van der Waals surface area contributed by atoms with E-state index in [4.69, 9.17) is 14.2 Å². The maximum atomic E-state index is 10.7. The van der Waals surface area contributed by atoms with Crippen molar-refractivity contribution in [2.24, 2.45) is 11.8 Å². The standard InChI is InChI=1S/C15H28O4/c1-6-15(16)19-10-8-17-7-9-18-14(13(4)5)11-12(2)3/h6,12-14H,1,7-11H2,2-5H3. The van der Waals surface area contributed by atoms with Gasteiger partial charge in [0.2, 0.25) is 0 Å². The Balaban J connectivity index is 3.55. The van der Waals surface area contributed by atoms with E-state index < -0.39 is 5.97 Å². The summed E-state index contributed by atoms with van der Waals surface area (Å²) in [4.78, 5) is 10.7. The molecule has 1 unspecified atom stereocenters. The fourth-order valence-corrected chi connectivity index (χ4v) is 1.62. The molecule has 0 saturated carbocycles. The van der Waals surface area contributed by atoms with Crippen LogP contribution >= 0.6 is 0 Å². The number of hydrogen-bond acceptors (Lipinski definition) is 4. The largest absolute Gasteiger partial charge is 0.460 e. The highest BCUT2D eigenvalue weighted by Gasteiger charge is 2.15. The normalized spacial score (nSPS) is 12.7. The molecule has 0 radical (unpaired) electrons. The van der Waals surface area contributed by atoms with Crippen molar-refractivity contribution in [1.82, 2.24) is 0 Å². The van der Waals surface area contributed by atoms with Gasteiger partial charge in [-0.25, -0.2) is 4.79 Å². The Hall–Kier alpha value is -0.870. The van der Waals surface area contributed by atoms with Gasteiger partial charge in [0.25, 0.3) is 0 Å². The van der Waals surface area contributed by atoms with Gasteiger partial charge in [0.05, 0.1) is 25.9 Å². The van der Waals surface area contributed by atoms with Gasteiger partial charge in [-0.05, 0) is 18.3 Å². The van der Waals surface area contributed by atoms with Crippen molar-refractivity contribution >= 4 is 5.97 Å². The molecule has 0 N–H and O–H groups in total. The Labute approximate surface area is 117 Å². The Kier molecular flexibility index (Phi) is 10.5. The molecule has 0 aromatic carbocycles. The van der Waals surface area contributed by atoms with Crippen LogP contribution in [0.2, 0.25) is 0 Å². The van der Waals surface area contributed by atoms with Crippen LogP contribution in [0.4, 0.5) is 0 Å². The van der Waals surface area contributed by atoms with E-state index in [0.29, 0.717) is 31.7 Å². The molecule has 0 aromatic heterocycles. The van der Waals surface area contributed by atoms with Gasteiger partial charge in [-0.2, -0.15) is 0 Å². The molecule has 0 amide bonds. The smallest absolute Gasteiger partial charge is 0.330 e. The van der Waals surface area contributed by atoms with Crippen LogP contribution in [0.5, 0.6) is 0 Å². The lowest BCUT2D eigenvalue weighted by Crippen LogP contribution is -2.24. The lowest BCUT2D eigenvalue weighted by molar-refractivity contribution is -0.139. The second-order valence-electron chi connectivity index (χ2n) is 5.27. The molecule has 4 heteroatoms. The minimum absolute atomic E-state index is 0.254. The van der Waals surface area contributed by atoms with Crippen molar-refractivity contribution in [1.29, 1.82) is 0 Å². The van der Waals surface area contributed by atoms with Gasteiger partial charge in [-0.15, -0.1) is 0 Å². The summed E-state index contributed by atoms with van der Waals surface area (Å²) < 4.78 is 15.9. The van der Waals surface area contributed by atoms with Crippen molar-refractivity contribution in [3.05, 3.63) is 12.7 Å². The zero-order chi connectivity index (χ0) is 14.7. The molecule has 0 spiro atoms. The van der Waals surface area contributed by atoms with Crippen LogP contribution in [0.3, 0.4) is 0 Å². The van der Waals surface area contributed by atoms with Crippen LogP contribution < -0.4 is 0 Å². The Morgan fingerprint density at radius 1 is 1.11 bits per heavy atom. The highest BCUT2D eigenvalue weighted by molar-refractivity contribution is 5.81. The van der Waals surface area contributed by atoms with Crippen molar-refractivity contribution in [3.63, 3.8) is 0 Å². The predicted molar refractivity (Wildman–Crippen MR) is 76.0 cm³/mol. The summed E-state index contributed by atoms with van der Waals surface area (Å²) in [5.74, 6) is 0.722. The van der Waals surface area contributed by atoms with E-state index in [1.54, 1.807) is 0 Å². The average Bonchev–Trinajstić information content (AvgIpc) is 2.35. The summed E-state index contributed by atoms with van der Waals surface area (Å²) in [5.41, 5.74) is 0. The SMILES string of the molecule is C=CC(=O)OCCOCCOC(CC(C)C)C(C)C. The lowest BCUT2D eigenvalue weighted by atomic mass is 9.97. The van der Waals surface area contributed by atoms with E-state index in [-0.39, 0.29) is 12.7 Å². The Morgan fingerprint density at radius 2 is 1.74 bits per heavy atom. The minimum atomic E-state index is -0.420. The molecule has 1 atom stereocenters. The average molecular weight is 272 g/mol. The first kappa shape index (κ1) is 18.1. The molecule has 0 aliphatic rings. The van der Waals surface area contributed by atoms with Gasteiger partial charge in [0, 0.05) is 6.08 Å². The van der Waals surface area contributed by atoms with Crippen molar-refractivity contribution < 1.29 is 19.0 Å². The number of carbonyl (C=O) groups excluding carboxylic acids is 1. The molecular formula is C15H28O4. The van der Waals surface area contributed by atoms with Crippen LogP contribution in [-0.4, -0.2) is 38.5 Å². The zero-order valence-electron chi connectivity index (χ0n) is 12.7. The van der Waals surface area contributed by atoms with Crippen LogP contribution in [-0.2, 0) is 19.0 Å². The Bertz CT molecular complexity index is 249. The number of rotatable bonds is 11. The molecule has 0 saturated heterocycles. The fourth-order valence-electron chi connectivity index (χ4n) is 1.62. The molecule has 112 valence electrons. The third-order valence-electron chi connectivity index (χ3n) is 2.65. The maximum absolute atomic E-state index is 10.7. The number of carbonyl (C=O) groups is 1. The summed E-state index contributed by atoms with van der Waals surface area (Å²) in [5, 5.41) is 0. The third-order valence-corrected chi connectivity index (χ3v) is 2.65. The van der Waals surface area contributed by atoms with E-state index in [2.05, 4.69) is 34.3 Å². The molecular weight excluding hydrogens is 244 g/mol. The first-order chi connectivity index (χ1) is 8.97. The monoisotopic (exact) mass is 272 g/mol. The third kappa shape index (κ3) is 10.7.